The van der Waals surface area contributed by atoms with Crippen molar-refractivity contribution in [3.8, 4) is 11.5 Å². The predicted octanol–water partition coefficient (Wildman–Crippen LogP) is 2.13. The fraction of sp³-hybridized carbons (Fsp3) is 0.588. The zero-order chi connectivity index (χ0) is 15.9. The lowest BCUT2D eigenvalue weighted by atomic mass is 10.1. The van der Waals surface area contributed by atoms with Gasteiger partial charge in [-0.1, -0.05) is 0 Å². The molecule has 0 saturated carbocycles. The highest BCUT2D eigenvalue weighted by Gasteiger charge is 2.22. The van der Waals surface area contributed by atoms with E-state index in [4.69, 9.17) is 14.2 Å². The molecule has 122 valence electrons. The molecule has 1 aromatic carbocycles. The zero-order valence-electron chi connectivity index (χ0n) is 13.6. The third-order valence-electron chi connectivity index (χ3n) is 4.07. The SMILES string of the molecule is CCN(CC1CCOC1)C(=O)Cc1cc(OC)ccc1OC. The first-order chi connectivity index (χ1) is 10.7. The molecule has 0 aromatic heterocycles. The van der Waals surface area contributed by atoms with Crippen molar-refractivity contribution in [1.82, 2.24) is 4.90 Å². The fourth-order valence-corrected chi connectivity index (χ4v) is 2.74. The number of hydrogen-bond acceptors (Lipinski definition) is 4. The lowest BCUT2D eigenvalue weighted by molar-refractivity contribution is -0.130. The number of rotatable bonds is 7. The number of methoxy groups -OCH3 is 2. The highest BCUT2D eigenvalue weighted by atomic mass is 16.5. The summed E-state index contributed by atoms with van der Waals surface area (Å²) in [6, 6.07) is 5.53. The van der Waals surface area contributed by atoms with Crippen molar-refractivity contribution >= 4 is 5.91 Å². The van der Waals surface area contributed by atoms with Crippen LogP contribution >= 0.6 is 0 Å². The number of ether oxygens (including phenoxy) is 3. The molecule has 2 rings (SSSR count). The van der Waals surface area contributed by atoms with E-state index >= 15 is 0 Å². The second kappa shape index (κ2) is 8.03. The van der Waals surface area contributed by atoms with Crippen LogP contribution in [-0.4, -0.2) is 51.3 Å². The highest BCUT2D eigenvalue weighted by molar-refractivity contribution is 5.79. The molecule has 5 nitrogen and oxygen atoms in total. The van der Waals surface area contributed by atoms with E-state index in [1.54, 1.807) is 14.2 Å². The van der Waals surface area contributed by atoms with Gasteiger partial charge in [-0.15, -0.1) is 0 Å². The second-order valence-electron chi connectivity index (χ2n) is 5.52. The van der Waals surface area contributed by atoms with Crippen LogP contribution in [0.5, 0.6) is 11.5 Å². The first-order valence-electron chi connectivity index (χ1n) is 7.74. The molecule has 1 aliphatic rings. The van der Waals surface area contributed by atoms with E-state index in [0.29, 0.717) is 18.9 Å². The molecule has 1 aromatic rings. The Bertz CT molecular complexity index is 497. The van der Waals surface area contributed by atoms with Gasteiger partial charge >= 0.3 is 0 Å². The molecular formula is C17H25NO4. The molecule has 0 bridgehead atoms. The molecule has 1 amide bonds. The molecule has 1 saturated heterocycles. The van der Waals surface area contributed by atoms with Crippen molar-refractivity contribution in [1.29, 1.82) is 0 Å². The molecule has 0 radical (unpaired) electrons. The molecule has 1 heterocycles. The minimum Gasteiger partial charge on any atom is -0.497 e. The number of benzene rings is 1. The number of carbonyl (C=O) groups excluding carboxylic acids is 1. The summed E-state index contributed by atoms with van der Waals surface area (Å²) in [7, 11) is 3.23. The van der Waals surface area contributed by atoms with Crippen molar-refractivity contribution in [2.45, 2.75) is 19.8 Å². The summed E-state index contributed by atoms with van der Waals surface area (Å²) in [4.78, 5) is 14.5. The lowest BCUT2D eigenvalue weighted by Crippen LogP contribution is -2.36. The molecule has 1 fully saturated rings. The molecule has 1 unspecified atom stereocenters. The van der Waals surface area contributed by atoms with Crippen LogP contribution in [0.25, 0.3) is 0 Å². The number of likely N-dealkylation sites (N-methyl/N-ethyl adjacent to an activating group) is 1. The Morgan fingerprint density at radius 2 is 2.18 bits per heavy atom. The maximum Gasteiger partial charge on any atom is 0.227 e. The highest BCUT2D eigenvalue weighted by Crippen LogP contribution is 2.25. The van der Waals surface area contributed by atoms with E-state index in [9.17, 15) is 4.79 Å². The van der Waals surface area contributed by atoms with Gasteiger partial charge in [-0.3, -0.25) is 4.79 Å². The van der Waals surface area contributed by atoms with E-state index < -0.39 is 0 Å². The third kappa shape index (κ3) is 4.13. The maximum atomic E-state index is 12.6. The Hall–Kier alpha value is -1.75. The monoisotopic (exact) mass is 307 g/mol. The topological polar surface area (TPSA) is 48.0 Å². The zero-order valence-corrected chi connectivity index (χ0v) is 13.6. The number of amides is 1. The Kier molecular flexibility index (Phi) is 6.07. The number of nitrogens with zero attached hydrogens (tertiary/aromatic N) is 1. The van der Waals surface area contributed by atoms with Crippen molar-refractivity contribution in [3.63, 3.8) is 0 Å². The Morgan fingerprint density at radius 3 is 2.77 bits per heavy atom. The minimum absolute atomic E-state index is 0.112. The van der Waals surface area contributed by atoms with Crippen LogP contribution in [0.15, 0.2) is 18.2 Å². The summed E-state index contributed by atoms with van der Waals surface area (Å²) in [5.74, 6) is 2.02. The van der Waals surface area contributed by atoms with Crippen molar-refractivity contribution in [2.24, 2.45) is 5.92 Å². The standard InChI is InChI=1S/C17H25NO4/c1-4-18(11-13-7-8-22-12-13)17(19)10-14-9-15(20-2)5-6-16(14)21-3/h5-6,9,13H,4,7-8,10-12H2,1-3H3. The average molecular weight is 307 g/mol. The van der Waals surface area contributed by atoms with E-state index in [0.717, 1.165) is 43.2 Å². The average Bonchev–Trinajstić information content (AvgIpc) is 3.05. The van der Waals surface area contributed by atoms with E-state index in [1.807, 2.05) is 30.0 Å². The van der Waals surface area contributed by atoms with Gasteiger partial charge in [0.2, 0.25) is 5.91 Å². The third-order valence-corrected chi connectivity index (χ3v) is 4.07. The van der Waals surface area contributed by atoms with Gasteiger partial charge in [-0.2, -0.15) is 0 Å². The fourth-order valence-electron chi connectivity index (χ4n) is 2.74. The first kappa shape index (κ1) is 16.6. The first-order valence-corrected chi connectivity index (χ1v) is 7.74. The van der Waals surface area contributed by atoms with Gasteiger partial charge in [0.05, 0.1) is 27.2 Å². The van der Waals surface area contributed by atoms with Gasteiger partial charge < -0.3 is 19.1 Å². The second-order valence-corrected chi connectivity index (χ2v) is 5.52. The van der Waals surface area contributed by atoms with Gasteiger partial charge in [0.15, 0.2) is 0 Å². The lowest BCUT2D eigenvalue weighted by Gasteiger charge is -2.24. The minimum atomic E-state index is 0.112. The van der Waals surface area contributed by atoms with Crippen LogP contribution in [0.3, 0.4) is 0 Å². The van der Waals surface area contributed by atoms with Gasteiger partial charge in [0.1, 0.15) is 11.5 Å². The van der Waals surface area contributed by atoms with Crippen molar-refractivity contribution < 1.29 is 19.0 Å². The normalized spacial score (nSPS) is 17.3. The van der Waals surface area contributed by atoms with Crippen LogP contribution in [0.1, 0.15) is 18.9 Å². The molecular weight excluding hydrogens is 282 g/mol. The molecule has 1 atom stereocenters. The molecule has 5 heteroatoms. The van der Waals surface area contributed by atoms with E-state index in [-0.39, 0.29) is 5.91 Å². The van der Waals surface area contributed by atoms with E-state index in [2.05, 4.69) is 0 Å². The van der Waals surface area contributed by atoms with Crippen LogP contribution < -0.4 is 9.47 Å². The molecule has 0 aliphatic carbocycles. The summed E-state index contributed by atoms with van der Waals surface area (Å²) in [6.07, 6.45) is 1.36. The Balaban J connectivity index is 2.05. The Labute approximate surface area is 132 Å². The summed E-state index contributed by atoms with van der Waals surface area (Å²) in [5, 5.41) is 0. The summed E-state index contributed by atoms with van der Waals surface area (Å²) >= 11 is 0. The number of carbonyl (C=O) groups is 1. The molecule has 0 N–H and O–H groups in total. The van der Waals surface area contributed by atoms with Crippen LogP contribution in [0.4, 0.5) is 0 Å². The van der Waals surface area contributed by atoms with Gasteiger partial charge in [0.25, 0.3) is 0 Å². The molecule has 22 heavy (non-hydrogen) atoms. The Morgan fingerprint density at radius 1 is 1.36 bits per heavy atom. The van der Waals surface area contributed by atoms with Crippen LogP contribution in [-0.2, 0) is 16.0 Å². The predicted molar refractivity (Wildman–Crippen MR) is 84.4 cm³/mol. The van der Waals surface area contributed by atoms with Crippen molar-refractivity contribution in [3.05, 3.63) is 23.8 Å². The quantitative estimate of drug-likeness (QED) is 0.774. The summed E-state index contributed by atoms with van der Waals surface area (Å²) in [6.45, 7) is 5.05. The van der Waals surface area contributed by atoms with Crippen molar-refractivity contribution in [2.75, 3.05) is 40.5 Å². The smallest absolute Gasteiger partial charge is 0.227 e. The molecule has 1 aliphatic heterocycles. The largest absolute Gasteiger partial charge is 0.497 e. The van der Waals surface area contributed by atoms with Gasteiger partial charge in [-0.05, 0) is 31.5 Å². The summed E-state index contributed by atoms with van der Waals surface area (Å²) < 4.78 is 16.0. The summed E-state index contributed by atoms with van der Waals surface area (Å²) in [5.41, 5.74) is 0.855. The number of hydrogen-bond donors (Lipinski definition) is 0. The van der Waals surface area contributed by atoms with Gasteiger partial charge in [0, 0.05) is 31.2 Å². The van der Waals surface area contributed by atoms with Gasteiger partial charge in [-0.25, -0.2) is 0 Å². The maximum absolute atomic E-state index is 12.6. The van der Waals surface area contributed by atoms with Crippen LogP contribution in [0.2, 0.25) is 0 Å². The van der Waals surface area contributed by atoms with E-state index in [1.165, 1.54) is 0 Å². The van der Waals surface area contributed by atoms with Crippen LogP contribution in [0, 0.1) is 5.92 Å². The molecule has 0 spiro atoms.